The zero-order valence-electron chi connectivity index (χ0n) is 12.2. The number of hydrogen-bond acceptors (Lipinski definition) is 4. The molecule has 0 aliphatic heterocycles. The molecule has 120 valence electrons. The van der Waals surface area contributed by atoms with Crippen LogP contribution in [0.25, 0.3) is 10.8 Å². The molecule has 0 heterocycles. The minimum absolute atomic E-state index is 0.246. The van der Waals surface area contributed by atoms with Crippen LogP contribution >= 0.6 is 7.82 Å². The molecule has 0 aliphatic carbocycles. The third kappa shape index (κ3) is 4.13. The van der Waals surface area contributed by atoms with Crippen LogP contribution in [-0.4, -0.2) is 21.5 Å². The Morgan fingerprint density at radius 2 is 1.82 bits per heavy atom. The fourth-order valence-corrected chi connectivity index (χ4v) is 2.60. The molecule has 2 aromatic rings. The summed E-state index contributed by atoms with van der Waals surface area (Å²) in [5.74, 6) is -0.153. The summed E-state index contributed by atoms with van der Waals surface area (Å²) in [4.78, 5) is 17.9. The number of phosphoric acid groups is 1. The van der Waals surface area contributed by atoms with Crippen molar-refractivity contribution >= 4 is 18.6 Å². The van der Waals surface area contributed by atoms with Gasteiger partial charge >= 0.3 is 7.82 Å². The molecule has 0 unspecified atom stereocenters. The van der Waals surface area contributed by atoms with Crippen LogP contribution in [0.4, 0.5) is 0 Å². The van der Waals surface area contributed by atoms with Crippen molar-refractivity contribution in [1.82, 2.24) is 0 Å². The predicted octanol–water partition coefficient (Wildman–Crippen LogP) is 3.59. The van der Waals surface area contributed by atoms with Crippen molar-refractivity contribution in [1.29, 1.82) is 0 Å². The summed E-state index contributed by atoms with van der Waals surface area (Å²) in [6.07, 6.45) is 3.01. The molecule has 6 nitrogen and oxygen atoms in total. The molecular weight excluding hydrogens is 307 g/mol. The van der Waals surface area contributed by atoms with Crippen molar-refractivity contribution < 1.29 is 28.7 Å². The van der Waals surface area contributed by atoms with Gasteiger partial charge in [-0.3, -0.25) is 9.79 Å². The van der Waals surface area contributed by atoms with Crippen LogP contribution in [0.5, 0.6) is 17.2 Å². The van der Waals surface area contributed by atoms with E-state index in [1.54, 1.807) is 24.3 Å². The quantitative estimate of drug-likeness (QED) is 0.531. The van der Waals surface area contributed by atoms with Gasteiger partial charge < -0.3 is 14.4 Å². The van der Waals surface area contributed by atoms with E-state index in [1.165, 1.54) is 6.07 Å². The first kappa shape index (κ1) is 16.6. The summed E-state index contributed by atoms with van der Waals surface area (Å²) in [5, 5.41) is 11.0. The molecule has 2 rings (SSSR count). The molecule has 0 fully saturated rings. The monoisotopic (exact) mass is 326 g/mol. The van der Waals surface area contributed by atoms with Gasteiger partial charge in [-0.1, -0.05) is 44.0 Å². The highest BCUT2D eigenvalue weighted by Gasteiger charge is 2.22. The summed E-state index contributed by atoms with van der Waals surface area (Å²) in [6, 6.07) is 8.14. The standard InChI is InChI=1S/C15H19O6P/c1-2-3-6-9-20-14-10-13(16)15(21-22(17,18)19)12-8-5-4-7-11(12)14/h4-5,7-8,10,16H,2-3,6,9H2,1H3,(H2,17,18,19). The number of hydrogen-bond donors (Lipinski definition) is 3. The Morgan fingerprint density at radius 1 is 1.14 bits per heavy atom. The van der Waals surface area contributed by atoms with Crippen LogP contribution < -0.4 is 9.26 Å². The minimum Gasteiger partial charge on any atom is -0.504 e. The first-order valence-electron chi connectivity index (χ1n) is 7.05. The number of unbranched alkanes of at least 4 members (excludes halogenated alkanes) is 2. The molecule has 0 amide bonds. The van der Waals surface area contributed by atoms with E-state index in [0.29, 0.717) is 23.1 Å². The molecule has 2 aromatic carbocycles. The lowest BCUT2D eigenvalue weighted by Crippen LogP contribution is -1.99. The Labute approximate surface area is 128 Å². The normalized spacial score (nSPS) is 11.6. The molecule has 0 saturated heterocycles. The molecular formula is C15H19O6P. The van der Waals surface area contributed by atoms with Crippen molar-refractivity contribution in [3.8, 4) is 17.2 Å². The summed E-state index contributed by atoms with van der Waals surface area (Å²) in [5.41, 5.74) is 0. The fourth-order valence-electron chi connectivity index (χ4n) is 2.17. The van der Waals surface area contributed by atoms with Gasteiger partial charge in [0.1, 0.15) is 5.75 Å². The van der Waals surface area contributed by atoms with Crippen LogP contribution in [-0.2, 0) is 4.57 Å². The number of aromatic hydroxyl groups is 1. The van der Waals surface area contributed by atoms with E-state index >= 15 is 0 Å². The van der Waals surface area contributed by atoms with E-state index < -0.39 is 7.82 Å². The lowest BCUT2D eigenvalue weighted by atomic mass is 10.1. The Morgan fingerprint density at radius 3 is 2.45 bits per heavy atom. The molecule has 7 heteroatoms. The van der Waals surface area contributed by atoms with Crippen LogP contribution in [0.2, 0.25) is 0 Å². The van der Waals surface area contributed by atoms with E-state index in [1.807, 2.05) is 0 Å². The van der Waals surface area contributed by atoms with Crippen LogP contribution in [0.15, 0.2) is 30.3 Å². The maximum Gasteiger partial charge on any atom is 0.524 e. The summed E-state index contributed by atoms with van der Waals surface area (Å²) in [7, 11) is -4.77. The number of ether oxygens (including phenoxy) is 1. The number of phenolic OH excluding ortho intramolecular Hbond substituents is 1. The van der Waals surface area contributed by atoms with Gasteiger partial charge in [0.2, 0.25) is 0 Å². The molecule has 0 aromatic heterocycles. The van der Waals surface area contributed by atoms with Crippen molar-refractivity contribution in [2.24, 2.45) is 0 Å². The van der Waals surface area contributed by atoms with E-state index in [9.17, 15) is 9.67 Å². The number of phenols is 1. The summed E-state index contributed by atoms with van der Waals surface area (Å²) in [6.45, 7) is 2.60. The van der Waals surface area contributed by atoms with Gasteiger partial charge in [-0.2, -0.15) is 0 Å². The van der Waals surface area contributed by atoms with Gasteiger partial charge in [-0.05, 0) is 6.42 Å². The maximum atomic E-state index is 11.1. The molecule has 0 atom stereocenters. The van der Waals surface area contributed by atoms with Gasteiger partial charge in [0.05, 0.1) is 6.61 Å². The van der Waals surface area contributed by atoms with Crippen LogP contribution in [0.1, 0.15) is 26.2 Å². The zero-order chi connectivity index (χ0) is 16.2. The first-order valence-corrected chi connectivity index (χ1v) is 8.58. The van der Waals surface area contributed by atoms with Gasteiger partial charge in [0, 0.05) is 16.8 Å². The molecule has 0 spiro atoms. The minimum atomic E-state index is -4.77. The van der Waals surface area contributed by atoms with E-state index in [4.69, 9.17) is 14.5 Å². The highest BCUT2D eigenvalue weighted by molar-refractivity contribution is 7.46. The Balaban J connectivity index is 2.40. The van der Waals surface area contributed by atoms with Gasteiger partial charge in [-0.25, -0.2) is 4.57 Å². The third-order valence-corrected chi connectivity index (χ3v) is 3.57. The van der Waals surface area contributed by atoms with Crippen molar-refractivity contribution in [3.05, 3.63) is 30.3 Å². The average Bonchev–Trinajstić information content (AvgIpc) is 2.46. The van der Waals surface area contributed by atoms with Crippen LogP contribution in [0.3, 0.4) is 0 Å². The number of fused-ring (bicyclic) bond motifs is 1. The largest absolute Gasteiger partial charge is 0.524 e. The van der Waals surface area contributed by atoms with E-state index in [-0.39, 0.29) is 11.5 Å². The first-order chi connectivity index (χ1) is 10.4. The fraction of sp³-hybridized carbons (Fsp3) is 0.333. The molecule has 0 saturated carbocycles. The number of rotatable bonds is 7. The molecule has 0 bridgehead atoms. The van der Waals surface area contributed by atoms with E-state index in [2.05, 4.69) is 11.4 Å². The van der Waals surface area contributed by atoms with Gasteiger partial charge in [-0.15, -0.1) is 0 Å². The zero-order valence-corrected chi connectivity index (χ0v) is 13.1. The number of phosphoric ester groups is 1. The number of benzene rings is 2. The molecule has 0 radical (unpaired) electrons. The summed E-state index contributed by atoms with van der Waals surface area (Å²) >= 11 is 0. The van der Waals surface area contributed by atoms with Crippen molar-refractivity contribution in [2.75, 3.05) is 6.61 Å². The summed E-state index contributed by atoms with van der Waals surface area (Å²) < 4.78 is 21.3. The SMILES string of the molecule is CCCCCOc1cc(O)c(OP(=O)(O)O)c2ccccc12. The van der Waals surface area contributed by atoms with Crippen molar-refractivity contribution in [3.63, 3.8) is 0 Å². The average molecular weight is 326 g/mol. The maximum absolute atomic E-state index is 11.1. The topological polar surface area (TPSA) is 96.2 Å². The van der Waals surface area contributed by atoms with Gasteiger partial charge in [0.25, 0.3) is 0 Å². The van der Waals surface area contributed by atoms with E-state index in [0.717, 1.165) is 19.3 Å². The lowest BCUT2D eigenvalue weighted by Gasteiger charge is -2.15. The molecule has 3 N–H and O–H groups in total. The Bertz CT molecular complexity index is 694. The van der Waals surface area contributed by atoms with Gasteiger partial charge in [0.15, 0.2) is 11.5 Å². The highest BCUT2D eigenvalue weighted by atomic mass is 31.2. The lowest BCUT2D eigenvalue weighted by molar-refractivity contribution is 0.277. The second-order valence-corrected chi connectivity index (χ2v) is 6.07. The Hall–Kier alpha value is -1.75. The molecule has 0 aliphatic rings. The predicted molar refractivity (Wildman–Crippen MR) is 83.3 cm³/mol. The molecule has 22 heavy (non-hydrogen) atoms. The second kappa shape index (κ2) is 7.01. The van der Waals surface area contributed by atoms with Crippen LogP contribution in [0, 0.1) is 0 Å². The Kier molecular flexibility index (Phi) is 5.29. The third-order valence-electron chi connectivity index (χ3n) is 3.15. The smallest absolute Gasteiger partial charge is 0.504 e. The van der Waals surface area contributed by atoms with Crippen molar-refractivity contribution in [2.45, 2.75) is 26.2 Å². The second-order valence-electron chi connectivity index (χ2n) is 4.91. The highest BCUT2D eigenvalue weighted by Crippen LogP contribution is 2.47.